The number of ether oxygens (including phenoxy) is 1. The van der Waals surface area contributed by atoms with Crippen LogP contribution < -0.4 is 5.32 Å². The first-order valence-electron chi connectivity index (χ1n) is 7.55. The van der Waals surface area contributed by atoms with Crippen molar-refractivity contribution >= 4 is 0 Å². The molecule has 2 heteroatoms. The van der Waals surface area contributed by atoms with Gasteiger partial charge in [-0.15, -0.1) is 0 Å². The molecule has 2 atom stereocenters. The second-order valence-corrected chi connectivity index (χ2v) is 6.17. The van der Waals surface area contributed by atoms with Crippen molar-refractivity contribution in [3.05, 3.63) is 12.2 Å². The van der Waals surface area contributed by atoms with Gasteiger partial charge in [0.2, 0.25) is 0 Å². The van der Waals surface area contributed by atoms with Crippen LogP contribution in [-0.2, 0) is 4.74 Å². The standard InChI is InChI=1S/C16H31NO/c1-13(2)12-18-11-10-17-16-7-5-6-15(8-9-16)14(3)4/h14-17H,1,5-12H2,2-4H3. The molecule has 0 heterocycles. The third kappa shape index (κ3) is 6.55. The molecular formula is C16H31NO. The van der Waals surface area contributed by atoms with E-state index in [4.69, 9.17) is 4.74 Å². The molecule has 0 amide bonds. The second kappa shape index (κ2) is 8.71. The molecule has 1 aliphatic carbocycles. The molecule has 1 aliphatic rings. The minimum atomic E-state index is 0.696. The zero-order valence-electron chi connectivity index (χ0n) is 12.5. The fourth-order valence-electron chi connectivity index (χ4n) is 2.78. The summed E-state index contributed by atoms with van der Waals surface area (Å²) >= 11 is 0. The van der Waals surface area contributed by atoms with E-state index in [1.807, 2.05) is 6.92 Å². The molecule has 0 saturated heterocycles. The molecule has 18 heavy (non-hydrogen) atoms. The van der Waals surface area contributed by atoms with Crippen LogP contribution in [0.4, 0.5) is 0 Å². The van der Waals surface area contributed by atoms with Gasteiger partial charge >= 0.3 is 0 Å². The van der Waals surface area contributed by atoms with Gasteiger partial charge in [-0.05, 0) is 38.0 Å². The second-order valence-electron chi connectivity index (χ2n) is 6.17. The Morgan fingerprint density at radius 2 is 2.06 bits per heavy atom. The average Bonchev–Trinajstić information content (AvgIpc) is 2.53. The van der Waals surface area contributed by atoms with Crippen LogP contribution in [-0.4, -0.2) is 25.8 Å². The number of nitrogens with one attached hydrogen (secondary N) is 1. The van der Waals surface area contributed by atoms with E-state index in [0.29, 0.717) is 12.6 Å². The van der Waals surface area contributed by atoms with E-state index in [0.717, 1.165) is 30.6 Å². The Hall–Kier alpha value is -0.340. The lowest BCUT2D eigenvalue weighted by atomic mass is 9.89. The van der Waals surface area contributed by atoms with Gasteiger partial charge in [0.15, 0.2) is 0 Å². The minimum absolute atomic E-state index is 0.696. The normalized spacial score (nSPS) is 25.1. The van der Waals surface area contributed by atoms with E-state index in [1.165, 1.54) is 32.1 Å². The molecular weight excluding hydrogens is 222 g/mol. The van der Waals surface area contributed by atoms with Crippen LogP contribution in [0, 0.1) is 11.8 Å². The smallest absolute Gasteiger partial charge is 0.0672 e. The van der Waals surface area contributed by atoms with Gasteiger partial charge in [-0.2, -0.15) is 0 Å². The highest BCUT2D eigenvalue weighted by atomic mass is 16.5. The summed E-state index contributed by atoms with van der Waals surface area (Å²) in [4.78, 5) is 0. The molecule has 0 aliphatic heterocycles. The molecule has 2 unspecified atom stereocenters. The first kappa shape index (κ1) is 15.7. The fourth-order valence-corrected chi connectivity index (χ4v) is 2.78. The summed E-state index contributed by atoms with van der Waals surface area (Å²) in [7, 11) is 0. The highest BCUT2D eigenvalue weighted by Crippen LogP contribution is 2.28. The van der Waals surface area contributed by atoms with E-state index >= 15 is 0 Å². The quantitative estimate of drug-likeness (QED) is 0.423. The van der Waals surface area contributed by atoms with Crippen LogP contribution >= 0.6 is 0 Å². The lowest BCUT2D eigenvalue weighted by molar-refractivity contribution is 0.154. The van der Waals surface area contributed by atoms with Crippen molar-refractivity contribution < 1.29 is 4.74 Å². The Morgan fingerprint density at radius 1 is 1.28 bits per heavy atom. The SMILES string of the molecule is C=C(C)COCCNC1CCCC(C(C)C)CC1. The van der Waals surface area contributed by atoms with Gasteiger partial charge in [-0.25, -0.2) is 0 Å². The van der Waals surface area contributed by atoms with E-state index in [2.05, 4.69) is 25.7 Å². The maximum absolute atomic E-state index is 5.51. The third-order valence-corrected chi connectivity index (χ3v) is 3.98. The van der Waals surface area contributed by atoms with Crippen LogP contribution in [0.25, 0.3) is 0 Å². The molecule has 1 saturated carbocycles. The Morgan fingerprint density at radius 3 is 2.72 bits per heavy atom. The molecule has 0 bridgehead atoms. The van der Waals surface area contributed by atoms with Crippen molar-refractivity contribution in [1.82, 2.24) is 5.32 Å². The van der Waals surface area contributed by atoms with Crippen molar-refractivity contribution in [2.75, 3.05) is 19.8 Å². The van der Waals surface area contributed by atoms with Crippen molar-refractivity contribution in [2.45, 2.75) is 58.9 Å². The van der Waals surface area contributed by atoms with Crippen molar-refractivity contribution in [1.29, 1.82) is 0 Å². The third-order valence-electron chi connectivity index (χ3n) is 3.98. The highest BCUT2D eigenvalue weighted by Gasteiger charge is 2.20. The number of hydrogen-bond acceptors (Lipinski definition) is 2. The molecule has 106 valence electrons. The first-order valence-corrected chi connectivity index (χ1v) is 7.55. The predicted molar refractivity (Wildman–Crippen MR) is 78.8 cm³/mol. The summed E-state index contributed by atoms with van der Waals surface area (Å²) in [5.41, 5.74) is 1.10. The van der Waals surface area contributed by atoms with Gasteiger partial charge in [0.25, 0.3) is 0 Å². The molecule has 2 nitrogen and oxygen atoms in total. The Balaban J connectivity index is 2.10. The lowest BCUT2D eigenvalue weighted by Crippen LogP contribution is -2.31. The van der Waals surface area contributed by atoms with Gasteiger partial charge in [0.1, 0.15) is 0 Å². The monoisotopic (exact) mass is 253 g/mol. The van der Waals surface area contributed by atoms with Gasteiger partial charge in [-0.3, -0.25) is 0 Å². The summed E-state index contributed by atoms with van der Waals surface area (Å²) < 4.78 is 5.51. The van der Waals surface area contributed by atoms with Gasteiger partial charge in [0.05, 0.1) is 13.2 Å². The summed E-state index contributed by atoms with van der Waals surface area (Å²) in [5, 5.41) is 3.64. The maximum Gasteiger partial charge on any atom is 0.0672 e. The Labute approximate surface area is 113 Å². The number of hydrogen-bond donors (Lipinski definition) is 1. The van der Waals surface area contributed by atoms with Gasteiger partial charge in [-0.1, -0.05) is 38.8 Å². The molecule has 0 aromatic heterocycles. The molecule has 0 radical (unpaired) electrons. The van der Waals surface area contributed by atoms with Crippen molar-refractivity contribution in [3.8, 4) is 0 Å². The summed E-state index contributed by atoms with van der Waals surface area (Å²) in [6.07, 6.45) is 6.87. The van der Waals surface area contributed by atoms with E-state index in [9.17, 15) is 0 Å². The fraction of sp³-hybridized carbons (Fsp3) is 0.875. The lowest BCUT2D eigenvalue weighted by Gasteiger charge is -2.19. The topological polar surface area (TPSA) is 21.3 Å². The minimum Gasteiger partial charge on any atom is -0.376 e. The maximum atomic E-state index is 5.51. The Bertz CT molecular complexity index is 237. The van der Waals surface area contributed by atoms with Gasteiger partial charge in [0, 0.05) is 12.6 Å². The van der Waals surface area contributed by atoms with E-state index in [-0.39, 0.29) is 0 Å². The highest BCUT2D eigenvalue weighted by molar-refractivity contribution is 4.87. The van der Waals surface area contributed by atoms with Crippen LogP contribution in [0.5, 0.6) is 0 Å². The molecule has 0 aromatic carbocycles. The van der Waals surface area contributed by atoms with Crippen LogP contribution in [0.2, 0.25) is 0 Å². The van der Waals surface area contributed by atoms with Crippen LogP contribution in [0.1, 0.15) is 52.9 Å². The van der Waals surface area contributed by atoms with Gasteiger partial charge < -0.3 is 10.1 Å². The zero-order valence-corrected chi connectivity index (χ0v) is 12.5. The Kier molecular flexibility index (Phi) is 7.60. The average molecular weight is 253 g/mol. The van der Waals surface area contributed by atoms with Crippen LogP contribution in [0.15, 0.2) is 12.2 Å². The summed E-state index contributed by atoms with van der Waals surface area (Å²) in [5.74, 6) is 1.79. The molecule has 0 spiro atoms. The first-order chi connectivity index (χ1) is 8.59. The largest absolute Gasteiger partial charge is 0.376 e. The summed E-state index contributed by atoms with van der Waals surface area (Å²) in [6.45, 7) is 13.0. The summed E-state index contributed by atoms with van der Waals surface area (Å²) in [6, 6.07) is 0.710. The van der Waals surface area contributed by atoms with Crippen molar-refractivity contribution in [3.63, 3.8) is 0 Å². The predicted octanol–water partition coefficient (Wildman–Crippen LogP) is 3.77. The zero-order chi connectivity index (χ0) is 13.4. The van der Waals surface area contributed by atoms with E-state index < -0.39 is 0 Å². The van der Waals surface area contributed by atoms with Crippen molar-refractivity contribution in [2.24, 2.45) is 11.8 Å². The molecule has 1 rings (SSSR count). The van der Waals surface area contributed by atoms with Crippen LogP contribution in [0.3, 0.4) is 0 Å². The molecule has 1 N–H and O–H groups in total. The molecule has 0 aromatic rings. The molecule has 1 fully saturated rings. The number of rotatable bonds is 7. The van der Waals surface area contributed by atoms with E-state index in [1.54, 1.807) is 0 Å².